The van der Waals surface area contributed by atoms with Crippen LogP contribution in [0.3, 0.4) is 0 Å². The third kappa shape index (κ3) is 6.32. The van der Waals surface area contributed by atoms with Gasteiger partial charge in [-0.05, 0) is 88.2 Å². The van der Waals surface area contributed by atoms with Gasteiger partial charge in [-0.15, -0.1) is 0 Å². The molecule has 8 nitrogen and oxygen atoms in total. The smallest absolute Gasteiger partial charge is 0.293 e. The molecule has 0 unspecified atom stereocenters. The van der Waals surface area contributed by atoms with Gasteiger partial charge in [0.2, 0.25) is 0 Å². The lowest BCUT2D eigenvalue weighted by atomic mass is 10.1. The van der Waals surface area contributed by atoms with E-state index in [9.17, 15) is 19.7 Å². The van der Waals surface area contributed by atoms with Crippen molar-refractivity contribution in [2.24, 2.45) is 0 Å². The lowest BCUT2D eigenvalue weighted by Gasteiger charge is -2.15. The Kier molecular flexibility index (Phi) is 8.99. The first-order valence-corrected chi connectivity index (χ1v) is 13.5. The molecule has 0 bridgehead atoms. The number of ether oxygens (including phenoxy) is 2. The molecule has 3 aromatic rings. The lowest BCUT2D eigenvalue weighted by Crippen LogP contribution is -2.27. The second kappa shape index (κ2) is 12.2. The van der Waals surface area contributed by atoms with Gasteiger partial charge in [-0.1, -0.05) is 29.3 Å². The molecule has 0 spiro atoms. The van der Waals surface area contributed by atoms with Crippen molar-refractivity contribution in [1.29, 1.82) is 0 Å². The molecule has 3 aromatic carbocycles. The molecule has 0 aliphatic carbocycles. The van der Waals surface area contributed by atoms with E-state index < -0.39 is 16.1 Å². The van der Waals surface area contributed by atoms with Crippen LogP contribution in [-0.2, 0) is 17.9 Å². The summed E-state index contributed by atoms with van der Waals surface area (Å²) in [4.78, 5) is 37.4. The third-order valence-electron chi connectivity index (χ3n) is 5.41. The first kappa shape index (κ1) is 28.0. The highest BCUT2D eigenvalue weighted by atomic mass is 79.9. The molecule has 1 aliphatic heterocycles. The zero-order valence-electron chi connectivity index (χ0n) is 19.8. The summed E-state index contributed by atoms with van der Waals surface area (Å²) in [5.74, 6) is 0.407. The molecule has 0 aromatic heterocycles. The van der Waals surface area contributed by atoms with Gasteiger partial charge in [0.1, 0.15) is 6.61 Å². The first-order chi connectivity index (χ1) is 18.2. The topological polar surface area (TPSA) is 99.0 Å². The highest BCUT2D eigenvalue weighted by Gasteiger charge is 2.35. The highest BCUT2D eigenvalue weighted by molar-refractivity contribution is 9.10. The van der Waals surface area contributed by atoms with Crippen LogP contribution in [0.25, 0.3) is 6.08 Å². The van der Waals surface area contributed by atoms with Gasteiger partial charge in [0, 0.05) is 27.7 Å². The predicted molar refractivity (Wildman–Crippen MR) is 151 cm³/mol. The largest absolute Gasteiger partial charge is 0.490 e. The minimum atomic E-state index is -0.465. The molecule has 4 rings (SSSR count). The van der Waals surface area contributed by atoms with Crippen LogP contribution >= 0.6 is 50.9 Å². The molecule has 0 atom stereocenters. The predicted octanol–water partition coefficient (Wildman–Crippen LogP) is 7.88. The summed E-state index contributed by atoms with van der Waals surface area (Å²) >= 11 is 16.8. The monoisotopic (exact) mass is 636 g/mol. The maximum Gasteiger partial charge on any atom is 0.293 e. The van der Waals surface area contributed by atoms with Gasteiger partial charge in [-0.3, -0.25) is 24.6 Å². The molecule has 0 radical (unpaired) electrons. The van der Waals surface area contributed by atoms with E-state index in [1.807, 2.05) is 6.92 Å². The zero-order chi connectivity index (χ0) is 27.4. The third-order valence-corrected chi connectivity index (χ3v) is 7.62. The number of thioether (sulfide) groups is 1. The zero-order valence-corrected chi connectivity index (χ0v) is 23.7. The maximum atomic E-state index is 13.1. The fourth-order valence-corrected chi connectivity index (χ4v) is 5.50. The van der Waals surface area contributed by atoms with Crippen LogP contribution in [0.1, 0.15) is 23.6 Å². The van der Waals surface area contributed by atoms with Crippen LogP contribution in [0.5, 0.6) is 11.5 Å². The SMILES string of the molecule is CCOc1cc(/C=C2/SC(=O)N(Cc3c(Cl)cccc3Cl)C2=O)cc(Br)c1OCc1ccc([N+](=O)[O-])cc1. The average Bonchev–Trinajstić information content (AvgIpc) is 3.13. The summed E-state index contributed by atoms with van der Waals surface area (Å²) in [7, 11) is 0. The molecule has 2 amide bonds. The minimum absolute atomic E-state index is 0.00586. The van der Waals surface area contributed by atoms with Crippen molar-refractivity contribution in [3.8, 4) is 11.5 Å². The number of rotatable bonds is 9. The van der Waals surface area contributed by atoms with Gasteiger partial charge >= 0.3 is 0 Å². The summed E-state index contributed by atoms with van der Waals surface area (Å²) < 4.78 is 12.3. The van der Waals surface area contributed by atoms with Crippen molar-refractivity contribution in [3.63, 3.8) is 0 Å². The summed E-state index contributed by atoms with van der Waals surface area (Å²) in [6.07, 6.45) is 1.60. The van der Waals surface area contributed by atoms with Crippen molar-refractivity contribution in [3.05, 3.63) is 101 Å². The fraction of sp³-hybridized carbons (Fsp3) is 0.154. The number of carbonyl (C=O) groups excluding carboxylic acids is 2. The number of nitro benzene ring substituents is 1. The second-order valence-corrected chi connectivity index (χ2v) is 10.6. The minimum Gasteiger partial charge on any atom is -0.490 e. The second-order valence-electron chi connectivity index (χ2n) is 7.94. The Hall–Kier alpha value is -3.05. The molecule has 12 heteroatoms. The molecule has 0 N–H and O–H groups in total. The molecule has 196 valence electrons. The van der Waals surface area contributed by atoms with Crippen molar-refractivity contribution in [1.82, 2.24) is 4.90 Å². The van der Waals surface area contributed by atoms with E-state index in [0.717, 1.165) is 22.2 Å². The van der Waals surface area contributed by atoms with Crippen LogP contribution in [0, 0.1) is 10.1 Å². The number of nitrogens with zero attached hydrogens (tertiary/aromatic N) is 2. The van der Waals surface area contributed by atoms with Crippen LogP contribution in [0.4, 0.5) is 10.5 Å². The van der Waals surface area contributed by atoms with Crippen molar-refractivity contribution >= 4 is 73.8 Å². The normalized spacial score (nSPS) is 14.3. The summed E-state index contributed by atoms with van der Waals surface area (Å²) in [6, 6.07) is 14.5. The van der Waals surface area contributed by atoms with E-state index in [0.29, 0.717) is 43.8 Å². The van der Waals surface area contributed by atoms with Gasteiger partial charge in [0.15, 0.2) is 11.5 Å². The Morgan fingerprint density at radius 1 is 1.08 bits per heavy atom. The van der Waals surface area contributed by atoms with Gasteiger partial charge in [-0.25, -0.2) is 0 Å². The van der Waals surface area contributed by atoms with E-state index in [1.165, 1.54) is 12.1 Å². The summed E-state index contributed by atoms with van der Waals surface area (Å²) in [5.41, 5.74) is 1.84. The lowest BCUT2D eigenvalue weighted by molar-refractivity contribution is -0.384. The maximum absolute atomic E-state index is 13.1. The molecular weight excluding hydrogens is 619 g/mol. The number of halogens is 3. The quantitative estimate of drug-likeness (QED) is 0.134. The number of amides is 2. The molecule has 1 fully saturated rings. The molecule has 1 aliphatic rings. The number of nitro groups is 1. The van der Waals surface area contributed by atoms with Crippen LogP contribution in [-0.4, -0.2) is 27.6 Å². The number of hydrogen-bond acceptors (Lipinski definition) is 7. The van der Waals surface area contributed by atoms with Crippen LogP contribution in [0.2, 0.25) is 10.0 Å². The van der Waals surface area contributed by atoms with E-state index in [4.69, 9.17) is 32.7 Å². The Morgan fingerprint density at radius 2 is 1.76 bits per heavy atom. The van der Waals surface area contributed by atoms with Gasteiger partial charge in [0.25, 0.3) is 16.8 Å². The average molecular weight is 638 g/mol. The van der Waals surface area contributed by atoms with Gasteiger partial charge < -0.3 is 9.47 Å². The number of non-ortho nitro benzene ring substituents is 1. The molecule has 0 saturated carbocycles. The standard InChI is InChI=1S/C26H19BrCl2N2O6S/c1-2-36-22-11-16(10-19(27)24(22)37-14-15-6-8-17(9-7-15)31(34)35)12-23-25(32)30(26(33)38-23)13-18-20(28)4-3-5-21(18)29/h3-12H,2,13-14H2,1H3/b23-12+. The summed E-state index contributed by atoms with van der Waals surface area (Å²) in [6.45, 7) is 2.30. The Bertz CT molecular complexity index is 1430. The van der Waals surface area contributed by atoms with Gasteiger partial charge in [0.05, 0.1) is 27.5 Å². The van der Waals surface area contributed by atoms with E-state index in [1.54, 1.807) is 48.5 Å². The number of hydrogen-bond donors (Lipinski definition) is 0. The van der Waals surface area contributed by atoms with Crippen molar-refractivity contribution < 1.29 is 24.0 Å². The van der Waals surface area contributed by atoms with E-state index in [2.05, 4.69) is 15.9 Å². The molecule has 1 saturated heterocycles. The molecular formula is C26H19BrCl2N2O6S. The first-order valence-electron chi connectivity index (χ1n) is 11.2. The summed E-state index contributed by atoms with van der Waals surface area (Å²) in [5, 5.41) is 11.2. The number of carbonyl (C=O) groups is 2. The van der Waals surface area contributed by atoms with Crippen LogP contribution < -0.4 is 9.47 Å². The van der Waals surface area contributed by atoms with Crippen molar-refractivity contribution in [2.75, 3.05) is 6.61 Å². The highest BCUT2D eigenvalue weighted by Crippen LogP contribution is 2.40. The Morgan fingerprint density at radius 3 is 2.39 bits per heavy atom. The Labute approximate surface area is 240 Å². The van der Waals surface area contributed by atoms with E-state index in [-0.39, 0.29) is 23.7 Å². The number of imide groups is 1. The van der Waals surface area contributed by atoms with Crippen LogP contribution in [0.15, 0.2) is 64.0 Å². The van der Waals surface area contributed by atoms with Gasteiger partial charge in [-0.2, -0.15) is 0 Å². The Balaban J connectivity index is 1.55. The number of benzene rings is 3. The molecule has 1 heterocycles. The van der Waals surface area contributed by atoms with Crippen molar-refractivity contribution in [2.45, 2.75) is 20.1 Å². The van der Waals surface area contributed by atoms with E-state index >= 15 is 0 Å². The fourth-order valence-electron chi connectivity index (χ4n) is 3.57. The molecule has 38 heavy (non-hydrogen) atoms.